The van der Waals surface area contributed by atoms with Crippen LogP contribution in [-0.4, -0.2) is 46.9 Å². The van der Waals surface area contributed by atoms with Gasteiger partial charge in [0.05, 0.1) is 17.3 Å². The van der Waals surface area contributed by atoms with Crippen molar-refractivity contribution in [1.29, 1.82) is 0 Å². The van der Waals surface area contributed by atoms with E-state index in [4.69, 9.17) is 4.74 Å². The molecule has 7 nitrogen and oxygen atoms in total. The Morgan fingerprint density at radius 3 is 2.70 bits per heavy atom. The summed E-state index contributed by atoms with van der Waals surface area (Å²) in [5.41, 5.74) is 0.339. The summed E-state index contributed by atoms with van der Waals surface area (Å²) in [5.74, 6) is -0.378. The number of esters is 1. The number of aryl methyl sites for hydroxylation is 1. The molecule has 23 heavy (non-hydrogen) atoms. The number of hydrogen-bond acceptors (Lipinski definition) is 5. The molecule has 0 aliphatic rings. The molecule has 0 unspecified atom stereocenters. The third-order valence-electron chi connectivity index (χ3n) is 3.32. The number of ether oxygens (including phenoxy) is 1. The van der Waals surface area contributed by atoms with Gasteiger partial charge in [0, 0.05) is 20.5 Å². The third kappa shape index (κ3) is 4.15. The quantitative estimate of drug-likeness (QED) is 0.826. The molecule has 0 bridgehead atoms. The number of carbonyl (C=O) groups is 2. The molecular weight excluding hydrogens is 298 g/mol. The fourth-order valence-corrected chi connectivity index (χ4v) is 2.14. The van der Waals surface area contributed by atoms with Gasteiger partial charge in [-0.15, -0.1) is 0 Å². The van der Waals surface area contributed by atoms with Crippen LogP contribution in [0.4, 0.5) is 0 Å². The summed E-state index contributed by atoms with van der Waals surface area (Å²) in [5, 5.41) is 0.504. The second-order valence-electron chi connectivity index (χ2n) is 5.39. The van der Waals surface area contributed by atoms with Crippen LogP contribution in [0.3, 0.4) is 0 Å². The lowest BCUT2D eigenvalue weighted by molar-refractivity contribution is -0.157. The summed E-state index contributed by atoms with van der Waals surface area (Å²) in [6.45, 7) is 1.52. The molecule has 1 aromatic carbocycles. The van der Waals surface area contributed by atoms with Crippen molar-refractivity contribution in [1.82, 2.24) is 14.9 Å². The summed E-state index contributed by atoms with van der Waals surface area (Å²) in [6.07, 6.45) is -0.560. The van der Waals surface area contributed by atoms with Crippen molar-refractivity contribution >= 4 is 22.8 Å². The molecule has 1 atom stereocenters. The Kier molecular flexibility index (Phi) is 5.10. The zero-order valence-electron chi connectivity index (χ0n) is 13.3. The van der Waals surface area contributed by atoms with Crippen molar-refractivity contribution in [2.75, 3.05) is 14.1 Å². The molecule has 122 valence electrons. The topological polar surface area (TPSA) is 92.4 Å². The Morgan fingerprint density at radius 2 is 2.00 bits per heavy atom. The van der Waals surface area contributed by atoms with Crippen LogP contribution in [0.5, 0.6) is 0 Å². The first kappa shape index (κ1) is 16.7. The minimum atomic E-state index is -0.832. The van der Waals surface area contributed by atoms with E-state index in [1.165, 1.54) is 11.8 Å². The van der Waals surface area contributed by atoms with E-state index in [1.807, 2.05) is 0 Å². The van der Waals surface area contributed by atoms with Gasteiger partial charge in [-0.05, 0) is 19.1 Å². The average Bonchev–Trinajstić information content (AvgIpc) is 2.52. The van der Waals surface area contributed by atoms with Gasteiger partial charge in [-0.1, -0.05) is 12.1 Å². The highest BCUT2D eigenvalue weighted by molar-refractivity contribution is 5.83. The predicted octanol–water partition coefficient (Wildman–Crippen LogP) is 0.876. The molecule has 0 aliphatic heterocycles. The summed E-state index contributed by atoms with van der Waals surface area (Å²) in [6, 6.07) is 6.98. The number of aromatic nitrogens is 2. The standard InChI is InChI=1S/C16H19N3O4/c1-10(16(22)19(2)3)23-14(20)9-8-13-17-12-7-5-4-6-11(12)15(21)18-13/h4-7,10H,8-9H2,1-3H3,(H,17,18,21)/t10-/m1/s1. The molecule has 0 fully saturated rings. The van der Waals surface area contributed by atoms with Gasteiger partial charge in [0.2, 0.25) is 0 Å². The molecule has 1 heterocycles. The number of carbonyl (C=O) groups excluding carboxylic acids is 2. The number of H-pyrrole nitrogens is 1. The van der Waals surface area contributed by atoms with E-state index in [2.05, 4.69) is 9.97 Å². The van der Waals surface area contributed by atoms with Crippen LogP contribution in [0, 0.1) is 0 Å². The van der Waals surface area contributed by atoms with Crippen molar-refractivity contribution in [3.05, 3.63) is 40.4 Å². The maximum Gasteiger partial charge on any atom is 0.307 e. The number of rotatable bonds is 5. The number of amides is 1. The van der Waals surface area contributed by atoms with Gasteiger partial charge in [-0.25, -0.2) is 4.98 Å². The molecule has 0 aliphatic carbocycles. The van der Waals surface area contributed by atoms with Crippen LogP contribution in [-0.2, 0) is 20.7 Å². The van der Waals surface area contributed by atoms with Crippen molar-refractivity contribution in [3.8, 4) is 0 Å². The fraction of sp³-hybridized carbons (Fsp3) is 0.375. The number of para-hydroxylation sites is 1. The normalized spacial score (nSPS) is 12.0. The van der Waals surface area contributed by atoms with Gasteiger partial charge in [0.15, 0.2) is 6.10 Å². The predicted molar refractivity (Wildman–Crippen MR) is 84.9 cm³/mol. The monoisotopic (exact) mass is 317 g/mol. The van der Waals surface area contributed by atoms with E-state index in [1.54, 1.807) is 38.4 Å². The number of benzene rings is 1. The van der Waals surface area contributed by atoms with E-state index in [0.29, 0.717) is 16.7 Å². The first-order valence-electron chi connectivity index (χ1n) is 7.27. The van der Waals surface area contributed by atoms with Crippen LogP contribution in [0.15, 0.2) is 29.1 Å². The lowest BCUT2D eigenvalue weighted by Crippen LogP contribution is -2.35. The van der Waals surface area contributed by atoms with E-state index in [-0.39, 0.29) is 24.3 Å². The molecule has 0 radical (unpaired) electrons. The Morgan fingerprint density at radius 1 is 1.30 bits per heavy atom. The summed E-state index contributed by atoms with van der Waals surface area (Å²) in [7, 11) is 3.19. The van der Waals surface area contributed by atoms with Crippen LogP contribution in [0.1, 0.15) is 19.2 Å². The SMILES string of the molecule is C[C@@H](OC(=O)CCc1nc2ccccc2c(=O)[nH]1)C(=O)N(C)C. The largest absolute Gasteiger partial charge is 0.453 e. The molecule has 0 spiro atoms. The molecule has 2 rings (SSSR count). The van der Waals surface area contributed by atoms with Gasteiger partial charge in [0.1, 0.15) is 5.82 Å². The Balaban J connectivity index is 1.99. The zero-order valence-corrected chi connectivity index (χ0v) is 13.3. The van der Waals surface area contributed by atoms with Crippen LogP contribution >= 0.6 is 0 Å². The van der Waals surface area contributed by atoms with E-state index >= 15 is 0 Å². The highest BCUT2D eigenvalue weighted by atomic mass is 16.5. The van der Waals surface area contributed by atoms with E-state index in [0.717, 1.165) is 0 Å². The number of fused-ring (bicyclic) bond motifs is 1. The number of nitrogens with one attached hydrogen (secondary N) is 1. The smallest absolute Gasteiger partial charge is 0.307 e. The number of likely N-dealkylation sites (N-methyl/N-ethyl adjacent to an activating group) is 1. The van der Waals surface area contributed by atoms with E-state index < -0.39 is 12.1 Å². The molecule has 1 aromatic heterocycles. The molecule has 1 amide bonds. The van der Waals surface area contributed by atoms with Crippen molar-refractivity contribution < 1.29 is 14.3 Å². The maximum atomic E-state index is 11.9. The minimum Gasteiger partial charge on any atom is -0.453 e. The first-order valence-corrected chi connectivity index (χ1v) is 7.27. The highest BCUT2D eigenvalue weighted by Gasteiger charge is 2.19. The fourth-order valence-electron chi connectivity index (χ4n) is 2.14. The first-order chi connectivity index (χ1) is 10.9. The number of aromatic amines is 1. The molecular formula is C16H19N3O4. The summed E-state index contributed by atoms with van der Waals surface area (Å²) < 4.78 is 5.06. The van der Waals surface area contributed by atoms with E-state index in [9.17, 15) is 14.4 Å². The van der Waals surface area contributed by atoms with Crippen LogP contribution in [0.25, 0.3) is 10.9 Å². The molecule has 7 heteroatoms. The van der Waals surface area contributed by atoms with Gasteiger partial charge < -0.3 is 14.6 Å². The second-order valence-corrected chi connectivity index (χ2v) is 5.39. The highest BCUT2D eigenvalue weighted by Crippen LogP contribution is 2.07. The number of hydrogen-bond donors (Lipinski definition) is 1. The third-order valence-corrected chi connectivity index (χ3v) is 3.32. The Bertz CT molecular complexity index is 782. The molecule has 0 saturated carbocycles. The summed E-state index contributed by atoms with van der Waals surface area (Å²) >= 11 is 0. The number of nitrogens with zero attached hydrogens (tertiary/aromatic N) is 2. The minimum absolute atomic E-state index is 0.0341. The van der Waals surface area contributed by atoms with Crippen LogP contribution in [0.2, 0.25) is 0 Å². The Labute approximate surface area is 133 Å². The van der Waals surface area contributed by atoms with Crippen LogP contribution < -0.4 is 5.56 Å². The molecule has 1 N–H and O–H groups in total. The second kappa shape index (κ2) is 7.04. The van der Waals surface area contributed by atoms with Gasteiger partial charge in [-0.2, -0.15) is 0 Å². The van der Waals surface area contributed by atoms with Gasteiger partial charge >= 0.3 is 5.97 Å². The van der Waals surface area contributed by atoms with Gasteiger partial charge in [0.25, 0.3) is 11.5 Å². The maximum absolute atomic E-state index is 11.9. The Hall–Kier alpha value is -2.70. The average molecular weight is 317 g/mol. The van der Waals surface area contributed by atoms with Crippen molar-refractivity contribution in [2.45, 2.75) is 25.9 Å². The summed E-state index contributed by atoms with van der Waals surface area (Å²) in [4.78, 5) is 43.7. The van der Waals surface area contributed by atoms with Crippen molar-refractivity contribution in [2.24, 2.45) is 0 Å². The van der Waals surface area contributed by atoms with Crippen molar-refractivity contribution in [3.63, 3.8) is 0 Å². The zero-order chi connectivity index (χ0) is 17.0. The molecule has 0 saturated heterocycles. The van der Waals surface area contributed by atoms with Gasteiger partial charge in [-0.3, -0.25) is 14.4 Å². The molecule has 2 aromatic rings. The lowest BCUT2D eigenvalue weighted by Gasteiger charge is -2.17. The lowest BCUT2D eigenvalue weighted by atomic mass is 10.2.